The van der Waals surface area contributed by atoms with Crippen molar-refractivity contribution in [2.45, 2.75) is 25.7 Å². The van der Waals surface area contributed by atoms with Crippen molar-refractivity contribution in [3.8, 4) is 0 Å². The molecule has 0 unspecified atom stereocenters. The fourth-order valence-electron chi connectivity index (χ4n) is 2.24. The molecule has 1 amide bonds. The summed E-state index contributed by atoms with van der Waals surface area (Å²) in [7, 11) is 0. The summed E-state index contributed by atoms with van der Waals surface area (Å²) in [6.45, 7) is 1.61. The predicted molar refractivity (Wildman–Crippen MR) is 65.2 cm³/mol. The van der Waals surface area contributed by atoms with E-state index in [9.17, 15) is 4.79 Å². The van der Waals surface area contributed by atoms with Crippen molar-refractivity contribution < 1.29 is 4.79 Å². The van der Waals surface area contributed by atoms with Crippen LogP contribution in [0.2, 0.25) is 0 Å². The van der Waals surface area contributed by atoms with Gasteiger partial charge in [-0.25, -0.2) is 9.50 Å². The predicted octanol–water partition coefficient (Wildman–Crippen LogP) is 1.14. The first kappa shape index (κ1) is 11.1. The fourth-order valence-corrected chi connectivity index (χ4v) is 2.24. The van der Waals surface area contributed by atoms with E-state index in [1.54, 1.807) is 18.5 Å². The van der Waals surface area contributed by atoms with Crippen LogP contribution in [0.25, 0.3) is 5.78 Å². The quantitative estimate of drug-likeness (QED) is 0.755. The maximum atomic E-state index is 12.3. The Morgan fingerprint density at radius 3 is 2.67 bits per heavy atom. The number of rotatable bonds is 1. The van der Waals surface area contributed by atoms with Crippen LogP contribution in [-0.4, -0.2) is 43.5 Å². The molecule has 1 aliphatic rings. The van der Waals surface area contributed by atoms with E-state index < -0.39 is 0 Å². The number of hydrogen-bond acceptors (Lipinski definition) is 4. The van der Waals surface area contributed by atoms with Gasteiger partial charge in [0.1, 0.15) is 0 Å². The zero-order valence-electron chi connectivity index (χ0n) is 10.1. The van der Waals surface area contributed by atoms with Gasteiger partial charge in [0.15, 0.2) is 0 Å². The molecule has 6 heteroatoms. The van der Waals surface area contributed by atoms with Crippen LogP contribution in [-0.2, 0) is 0 Å². The molecule has 0 bridgehead atoms. The van der Waals surface area contributed by atoms with Crippen molar-refractivity contribution in [1.29, 1.82) is 0 Å². The van der Waals surface area contributed by atoms with Crippen LogP contribution in [0.4, 0.5) is 0 Å². The number of fused-ring (bicyclic) bond motifs is 1. The van der Waals surface area contributed by atoms with Gasteiger partial charge in [-0.3, -0.25) is 4.79 Å². The van der Waals surface area contributed by atoms with Gasteiger partial charge < -0.3 is 4.90 Å². The summed E-state index contributed by atoms with van der Waals surface area (Å²) >= 11 is 0. The summed E-state index contributed by atoms with van der Waals surface area (Å²) in [5.41, 5.74) is 0. The van der Waals surface area contributed by atoms with Crippen molar-refractivity contribution in [3.63, 3.8) is 0 Å². The molecular formula is C12H15N5O. The van der Waals surface area contributed by atoms with Crippen molar-refractivity contribution in [2.75, 3.05) is 13.1 Å². The third-order valence-electron chi connectivity index (χ3n) is 3.20. The summed E-state index contributed by atoms with van der Waals surface area (Å²) in [5, 5.41) is 4.17. The fraction of sp³-hybridized carbons (Fsp3) is 0.500. The van der Waals surface area contributed by atoms with Crippen LogP contribution in [0, 0.1) is 0 Å². The second kappa shape index (κ2) is 4.72. The number of likely N-dealkylation sites (tertiary alicyclic amines) is 1. The first-order valence-electron chi connectivity index (χ1n) is 6.31. The van der Waals surface area contributed by atoms with Gasteiger partial charge >= 0.3 is 0 Å². The van der Waals surface area contributed by atoms with Gasteiger partial charge in [0.2, 0.25) is 5.82 Å². The lowest BCUT2D eigenvalue weighted by molar-refractivity contribution is 0.0749. The van der Waals surface area contributed by atoms with E-state index in [1.165, 1.54) is 17.4 Å². The molecule has 0 radical (unpaired) electrons. The second-order valence-corrected chi connectivity index (χ2v) is 4.51. The monoisotopic (exact) mass is 245 g/mol. The highest BCUT2D eigenvalue weighted by Crippen LogP contribution is 2.12. The van der Waals surface area contributed by atoms with Crippen molar-refractivity contribution in [1.82, 2.24) is 24.5 Å². The van der Waals surface area contributed by atoms with Gasteiger partial charge in [-0.05, 0) is 18.9 Å². The first-order valence-corrected chi connectivity index (χ1v) is 6.31. The topological polar surface area (TPSA) is 63.4 Å². The number of nitrogens with zero attached hydrogens (tertiary/aromatic N) is 5. The molecule has 1 fully saturated rings. The Balaban J connectivity index is 1.86. The van der Waals surface area contributed by atoms with Gasteiger partial charge in [0, 0.05) is 25.5 Å². The van der Waals surface area contributed by atoms with Crippen LogP contribution in [0.3, 0.4) is 0 Å². The average molecular weight is 245 g/mol. The molecule has 18 heavy (non-hydrogen) atoms. The highest BCUT2D eigenvalue weighted by atomic mass is 16.2. The molecule has 1 saturated heterocycles. The molecule has 3 rings (SSSR count). The van der Waals surface area contributed by atoms with E-state index in [-0.39, 0.29) is 11.7 Å². The smallest absolute Gasteiger partial charge is 0.293 e. The van der Waals surface area contributed by atoms with Crippen molar-refractivity contribution in [2.24, 2.45) is 0 Å². The number of aromatic nitrogens is 4. The summed E-state index contributed by atoms with van der Waals surface area (Å²) in [6.07, 6.45) is 7.92. The lowest BCUT2D eigenvalue weighted by Gasteiger charge is -2.17. The minimum Gasteiger partial charge on any atom is -0.336 e. The molecule has 0 saturated carbocycles. The number of hydrogen-bond donors (Lipinski definition) is 0. The second-order valence-electron chi connectivity index (χ2n) is 4.51. The minimum absolute atomic E-state index is 0.0811. The lowest BCUT2D eigenvalue weighted by atomic mass is 10.2. The molecule has 2 aromatic heterocycles. The van der Waals surface area contributed by atoms with Crippen LogP contribution < -0.4 is 0 Å². The Hall–Kier alpha value is -1.98. The molecule has 1 aliphatic heterocycles. The van der Waals surface area contributed by atoms with Gasteiger partial charge in [0.05, 0.1) is 0 Å². The molecule has 0 N–H and O–H groups in total. The SMILES string of the molecule is O=C(c1nc2ncccn2n1)N1CCCCCC1. The first-order chi connectivity index (χ1) is 8.84. The summed E-state index contributed by atoms with van der Waals surface area (Å²) in [5.74, 6) is 0.633. The van der Waals surface area contributed by atoms with Crippen molar-refractivity contribution in [3.05, 3.63) is 24.3 Å². The van der Waals surface area contributed by atoms with E-state index in [2.05, 4.69) is 15.1 Å². The standard InChI is InChI=1S/C12H15N5O/c18-11(16-7-3-1-2-4-8-16)10-14-12-13-6-5-9-17(12)15-10/h5-6,9H,1-4,7-8H2. The molecule has 94 valence electrons. The Kier molecular flexibility index (Phi) is 2.92. The summed E-state index contributed by atoms with van der Waals surface area (Å²) in [4.78, 5) is 22.4. The highest BCUT2D eigenvalue weighted by molar-refractivity contribution is 5.90. The molecule has 2 aromatic rings. The van der Waals surface area contributed by atoms with Gasteiger partial charge in [-0.15, -0.1) is 5.10 Å². The van der Waals surface area contributed by atoms with E-state index in [4.69, 9.17) is 0 Å². The third-order valence-corrected chi connectivity index (χ3v) is 3.20. The van der Waals surface area contributed by atoms with Crippen LogP contribution in [0.15, 0.2) is 18.5 Å². The summed E-state index contributed by atoms with van der Waals surface area (Å²) < 4.78 is 1.53. The zero-order valence-corrected chi connectivity index (χ0v) is 10.1. The largest absolute Gasteiger partial charge is 0.336 e. The summed E-state index contributed by atoms with van der Waals surface area (Å²) in [6, 6.07) is 1.77. The van der Waals surface area contributed by atoms with Crippen LogP contribution in [0.1, 0.15) is 36.3 Å². The average Bonchev–Trinajstić information content (AvgIpc) is 2.64. The zero-order chi connectivity index (χ0) is 12.4. The van der Waals surface area contributed by atoms with E-state index >= 15 is 0 Å². The van der Waals surface area contributed by atoms with Crippen LogP contribution >= 0.6 is 0 Å². The van der Waals surface area contributed by atoms with Crippen LogP contribution in [0.5, 0.6) is 0 Å². The van der Waals surface area contributed by atoms with Crippen molar-refractivity contribution >= 4 is 11.7 Å². The molecule has 6 nitrogen and oxygen atoms in total. The lowest BCUT2D eigenvalue weighted by Crippen LogP contribution is -2.32. The Labute approximate surface area is 105 Å². The van der Waals surface area contributed by atoms with Gasteiger partial charge in [0.25, 0.3) is 11.7 Å². The molecular weight excluding hydrogens is 230 g/mol. The third kappa shape index (κ3) is 2.05. The Morgan fingerprint density at radius 2 is 1.94 bits per heavy atom. The molecule has 0 spiro atoms. The molecule has 0 aliphatic carbocycles. The van der Waals surface area contributed by atoms with Gasteiger partial charge in [-0.2, -0.15) is 4.98 Å². The maximum Gasteiger partial charge on any atom is 0.293 e. The Bertz CT molecular complexity index is 523. The maximum absolute atomic E-state index is 12.3. The van der Waals surface area contributed by atoms with E-state index in [0.717, 1.165) is 25.9 Å². The normalized spacial score (nSPS) is 16.8. The number of amides is 1. The number of carbonyl (C=O) groups excluding carboxylic acids is 1. The molecule has 0 aromatic carbocycles. The van der Waals surface area contributed by atoms with Gasteiger partial charge in [-0.1, -0.05) is 12.8 Å². The molecule has 3 heterocycles. The van der Waals surface area contributed by atoms with E-state index in [1.807, 2.05) is 4.90 Å². The van der Waals surface area contributed by atoms with E-state index in [0.29, 0.717) is 5.78 Å². The Morgan fingerprint density at radius 1 is 1.17 bits per heavy atom. The number of carbonyl (C=O) groups is 1. The minimum atomic E-state index is -0.0811. The molecule has 0 atom stereocenters. The highest BCUT2D eigenvalue weighted by Gasteiger charge is 2.21.